The van der Waals surface area contributed by atoms with Crippen LogP contribution in [-0.2, 0) is 0 Å². The van der Waals surface area contributed by atoms with E-state index in [2.05, 4.69) is 15.4 Å². The molecule has 1 amide bonds. The van der Waals surface area contributed by atoms with E-state index in [1.165, 1.54) is 0 Å². The normalized spacial score (nSPS) is 16.4. The van der Waals surface area contributed by atoms with Crippen LogP contribution in [0.15, 0.2) is 24.3 Å². The molecule has 3 N–H and O–H groups in total. The van der Waals surface area contributed by atoms with Gasteiger partial charge in [0.25, 0.3) is 5.91 Å². The number of amides is 1. The Morgan fingerprint density at radius 2 is 2.04 bits per heavy atom. The first-order valence-corrected chi connectivity index (χ1v) is 9.08. The second kappa shape index (κ2) is 7.14. The third-order valence-electron chi connectivity index (χ3n) is 4.76. The van der Waals surface area contributed by atoms with Gasteiger partial charge in [-0.3, -0.25) is 4.79 Å². The minimum absolute atomic E-state index is 0.0975. The number of nitrogens with zero attached hydrogens (tertiary/aromatic N) is 3. The minimum atomic E-state index is -0.328. The molecule has 2 aromatic rings. The lowest BCUT2D eigenvalue weighted by molar-refractivity contribution is 0.0892. The third kappa shape index (κ3) is 3.55. The molecule has 1 fully saturated rings. The summed E-state index contributed by atoms with van der Waals surface area (Å²) in [5.41, 5.74) is 6.30. The highest BCUT2D eigenvalue weighted by molar-refractivity contribution is 6.32. The second-order valence-electron chi connectivity index (χ2n) is 6.96. The second-order valence-corrected chi connectivity index (χ2v) is 7.36. The molecular formula is C18H24ClN5O. The molecule has 0 radical (unpaired) electrons. The van der Waals surface area contributed by atoms with Crippen molar-refractivity contribution in [2.24, 2.45) is 5.73 Å². The highest BCUT2D eigenvalue weighted by atomic mass is 35.5. The van der Waals surface area contributed by atoms with E-state index in [4.69, 9.17) is 17.3 Å². The number of nitrogens with one attached hydrogen (secondary N) is 1. The third-order valence-corrected chi connectivity index (χ3v) is 5.08. The van der Waals surface area contributed by atoms with Crippen LogP contribution in [0.4, 0.5) is 0 Å². The largest absolute Gasteiger partial charge is 0.343 e. The zero-order chi connectivity index (χ0) is 18.0. The molecule has 25 heavy (non-hydrogen) atoms. The van der Waals surface area contributed by atoms with Crippen molar-refractivity contribution in [1.82, 2.24) is 20.1 Å². The highest BCUT2D eigenvalue weighted by Gasteiger charge is 2.35. The van der Waals surface area contributed by atoms with Crippen molar-refractivity contribution >= 4 is 17.5 Å². The summed E-state index contributed by atoms with van der Waals surface area (Å²) in [4.78, 5) is 17.2. The summed E-state index contributed by atoms with van der Waals surface area (Å²) in [5.74, 6) is 0.676. The molecule has 1 saturated carbocycles. The monoisotopic (exact) mass is 361 g/mol. The van der Waals surface area contributed by atoms with E-state index >= 15 is 0 Å². The number of rotatable bonds is 5. The molecule has 0 bridgehead atoms. The smallest absolute Gasteiger partial charge is 0.291 e. The van der Waals surface area contributed by atoms with Crippen LogP contribution in [0.1, 0.15) is 61.9 Å². The predicted molar refractivity (Wildman–Crippen MR) is 98.2 cm³/mol. The topological polar surface area (TPSA) is 85.8 Å². The van der Waals surface area contributed by atoms with Gasteiger partial charge in [0.2, 0.25) is 5.82 Å². The van der Waals surface area contributed by atoms with Crippen molar-refractivity contribution in [3.63, 3.8) is 0 Å². The summed E-state index contributed by atoms with van der Waals surface area (Å²) >= 11 is 6.30. The Bertz CT molecular complexity index is 765. The summed E-state index contributed by atoms with van der Waals surface area (Å²) in [6.07, 6.45) is 3.96. The van der Waals surface area contributed by atoms with Crippen LogP contribution < -0.4 is 11.1 Å². The first-order valence-electron chi connectivity index (χ1n) is 8.70. The lowest BCUT2D eigenvalue weighted by Crippen LogP contribution is -2.51. The number of hydrogen-bond donors (Lipinski definition) is 2. The van der Waals surface area contributed by atoms with Gasteiger partial charge in [-0.15, -0.1) is 5.10 Å². The Morgan fingerprint density at radius 1 is 1.36 bits per heavy atom. The number of nitrogens with two attached hydrogens (primary N) is 1. The van der Waals surface area contributed by atoms with Crippen LogP contribution in [0.3, 0.4) is 0 Å². The maximum atomic E-state index is 12.7. The van der Waals surface area contributed by atoms with E-state index in [0.717, 1.165) is 25.7 Å². The fourth-order valence-electron chi connectivity index (χ4n) is 3.32. The van der Waals surface area contributed by atoms with Crippen LogP contribution in [0.25, 0.3) is 5.69 Å². The molecule has 1 aliphatic carbocycles. The molecular weight excluding hydrogens is 338 g/mol. The fraction of sp³-hybridized carbons (Fsp3) is 0.500. The first-order chi connectivity index (χ1) is 12.0. The Labute approximate surface area is 152 Å². The van der Waals surface area contributed by atoms with Crippen molar-refractivity contribution < 1.29 is 4.79 Å². The maximum absolute atomic E-state index is 12.7. The molecule has 7 heteroatoms. The Hall–Kier alpha value is -1.92. The molecule has 0 spiro atoms. The van der Waals surface area contributed by atoms with Crippen molar-refractivity contribution in [2.45, 2.75) is 51.0 Å². The lowest BCUT2D eigenvalue weighted by atomic mass is 9.98. The number of para-hydroxylation sites is 1. The minimum Gasteiger partial charge on any atom is -0.343 e. The zero-order valence-electron chi connectivity index (χ0n) is 14.6. The van der Waals surface area contributed by atoms with Gasteiger partial charge in [0.1, 0.15) is 5.82 Å². The number of benzene rings is 1. The van der Waals surface area contributed by atoms with E-state index in [1.54, 1.807) is 10.7 Å². The van der Waals surface area contributed by atoms with Crippen LogP contribution in [0.2, 0.25) is 5.02 Å². The summed E-state index contributed by atoms with van der Waals surface area (Å²) < 4.78 is 1.66. The van der Waals surface area contributed by atoms with Gasteiger partial charge in [0.05, 0.1) is 16.2 Å². The van der Waals surface area contributed by atoms with Crippen LogP contribution in [-0.4, -0.2) is 32.8 Å². The Kier molecular flexibility index (Phi) is 5.11. The summed E-state index contributed by atoms with van der Waals surface area (Å²) in [6, 6.07) is 7.40. The molecule has 134 valence electrons. The van der Waals surface area contributed by atoms with E-state index in [1.807, 2.05) is 32.0 Å². The maximum Gasteiger partial charge on any atom is 0.291 e. The molecule has 1 aliphatic rings. The Balaban J connectivity index is 1.94. The quantitative estimate of drug-likeness (QED) is 0.857. The number of carbonyl (C=O) groups is 1. The van der Waals surface area contributed by atoms with Gasteiger partial charge in [0, 0.05) is 12.5 Å². The van der Waals surface area contributed by atoms with Crippen molar-refractivity contribution in [1.29, 1.82) is 0 Å². The molecule has 0 aliphatic heterocycles. The SMILES string of the molecule is CC(C)c1nc(C(=O)NC2(CN)CCCC2)nn1-c1ccccc1Cl. The number of halogens is 1. The van der Waals surface area contributed by atoms with Gasteiger partial charge in [0.15, 0.2) is 0 Å². The van der Waals surface area contributed by atoms with Gasteiger partial charge in [-0.2, -0.15) is 0 Å². The molecule has 0 unspecified atom stereocenters. The van der Waals surface area contributed by atoms with E-state index in [-0.39, 0.29) is 23.2 Å². The lowest BCUT2D eigenvalue weighted by Gasteiger charge is -2.27. The molecule has 1 heterocycles. The molecule has 1 aromatic heterocycles. The molecule has 1 aromatic carbocycles. The van der Waals surface area contributed by atoms with Crippen molar-refractivity contribution in [3.05, 3.63) is 40.9 Å². The van der Waals surface area contributed by atoms with Gasteiger partial charge in [-0.1, -0.05) is 50.4 Å². The number of aromatic nitrogens is 3. The fourth-order valence-corrected chi connectivity index (χ4v) is 3.54. The summed E-state index contributed by atoms with van der Waals surface area (Å²) in [6.45, 7) is 4.45. The van der Waals surface area contributed by atoms with E-state index in [0.29, 0.717) is 23.1 Å². The van der Waals surface area contributed by atoms with Crippen molar-refractivity contribution in [2.75, 3.05) is 6.54 Å². The first kappa shape index (κ1) is 17.9. The molecule has 0 saturated heterocycles. The van der Waals surface area contributed by atoms with E-state index in [9.17, 15) is 4.79 Å². The van der Waals surface area contributed by atoms with Gasteiger partial charge in [-0.25, -0.2) is 9.67 Å². The van der Waals surface area contributed by atoms with Crippen LogP contribution in [0.5, 0.6) is 0 Å². The average Bonchev–Trinajstić information content (AvgIpc) is 3.23. The van der Waals surface area contributed by atoms with Crippen LogP contribution in [0, 0.1) is 0 Å². The molecule has 3 rings (SSSR count). The number of hydrogen-bond acceptors (Lipinski definition) is 4. The standard InChI is InChI=1S/C18H24ClN5O/c1-12(2)16-21-15(17(25)22-18(11-20)9-5-6-10-18)23-24(16)14-8-4-3-7-13(14)19/h3-4,7-8,12H,5-6,9-11,20H2,1-2H3,(H,22,25). The van der Waals surface area contributed by atoms with Gasteiger partial charge in [-0.05, 0) is 25.0 Å². The zero-order valence-corrected chi connectivity index (χ0v) is 15.4. The molecule has 0 atom stereocenters. The van der Waals surface area contributed by atoms with Crippen molar-refractivity contribution in [3.8, 4) is 5.69 Å². The van der Waals surface area contributed by atoms with Gasteiger partial charge >= 0.3 is 0 Å². The highest BCUT2D eigenvalue weighted by Crippen LogP contribution is 2.29. The van der Waals surface area contributed by atoms with Gasteiger partial charge < -0.3 is 11.1 Å². The summed E-state index contributed by atoms with van der Waals surface area (Å²) in [7, 11) is 0. The van der Waals surface area contributed by atoms with E-state index < -0.39 is 0 Å². The number of carbonyl (C=O) groups excluding carboxylic acids is 1. The predicted octanol–water partition coefficient (Wildman–Crippen LogP) is 3.05. The molecule has 6 nitrogen and oxygen atoms in total. The summed E-state index contributed by atoms with van der Waals surface area (Å²) in [5, 5.41) is 8.07. The Morgan fingerprint density at radius 3 is 2.64 bits per heavy atom. The van der Waals surface area contributed by atoms with Crippen LogP contribution >= 0.6 is 11.6 Å². The average molecular weight is 362 g/mol.